The van der Waals surface area contributed by atoms with Crippen molar-refractivity contribution in [3.05, 3.63) is 119 Å². The van der Waals surface area contributed by atoms with Crippen molar-refractivity contribution in [2.24, 2.45) is 5.10 Å². The molecule has 6 aromatic rings. The van der Waals surface area contributed by atoms with Crippen molar-refractivity contribution in [3.8, 4) is 5.75 Å². The highest BCUT2D eigenvalue weighted by molar-refractivity contribution is 6.30. The first kappa shape index (κ1) is 26.9. The first-order valence-corrected chi connectivity index (χ1v) is 13.6. The van der Waals surface area contributed by atoms with Gasteiger partial charge in [0.25, 0.3) is 0 Å². The van der Waals surface area contributed by atoms with Gasteiger partial charge in [0.05, 0.1) is 26.1 Å². The van der Waals surface area contributed by atoms with Gasteiger partial charge in [0.2, 0.25) is 17.8 Å². The topological polar surface area (TPSA) is 114 Å². The second-order valence-electron chi connectivity index (χ2n) is 9.32. The molecule has 0 amide bonds. The van der Waals surface area contributed by atoms with Crippen LogP contribution >= 0.6 is 11.6 Å². The highest BCUT2D eigenvalue weighted by Crippen LogP contribution is 2.23. The van der Waals surface area contributed by atoms with Crippen molar-refractivity contribution in [1.82, 2.24) is 19.5 Å². The molecular weight excluding hydrogens is 552 g/mol. The maximum absolute atomic E-state index is 6.07. The molecule has 0 fully saturated rings. The number of para-hydroxylation sites is 1. The fourth-order valence-corrected chi connectivity index (χ4v) is 4.52. The van der Waals surface area contributed by atoms with Crippen LogP contribution in [-0.4, -0.2) is 32.8 Å². The Bertz CT molecular complexity index is 1800. The number of aromatic nitrogens is 4. The molecule has 3 aromatic heterocycles. The van der Waals surface area contributed by atoms with Crippen LogP contribution in [0.15, 0.2) is 107 Å². The van der Waals surface area contributed by atoms with Crippen molar-refractivity contribution in [3.63, 3.8) is 0 Å². The van der Waals surface area contributed by atoms with Crippen LogP contribution in [0.5, 0.6) is 5.75 Å². The quantitative estimate of drug-likeness (QED) is 0.112. The Morgan fingerprint density at radius 1 is 0.905 bits per heavy atom. The number of fused-ring (bicyclic) bond motifs is 1. The molecule has 0 saturated carbocycles. The number of hydrogen-bond acceptors (Lipinski definition) is 9. The first-order valence-electron chi connectivity index (χ1n) is 13.2. The molecule has 3 heterocycles. The first-order chi connectivity index (χ1) is 20.6. The van der Waals surface area contributed by atoms with E-state index < -0.39 is 0 Å². The number of methoxy groups -OCH3 is 1. The lowest BCUT2D eigenvalue weighted by molar-refractivity contribution is 0.415. The number of hydrogen-bond donors (Lipinski definition) is 3. The van der Waals surface area contributed by atoms with Gasteiger partial charge in [-0.05, 0) is 60.2 Å². The number of furan rings is 1. The van der Waals surface area contributed by atoms with Crippen LogP contribution in [-0.2, 0) is 13.1 Å². The Morgan fingerprint density at radius 2 is 1.69 bits per heavy atom. The van der Waals surface area contributed by atoms with Crippen LogP contribution < -0.4 is 20.8 Å². The van der Waals surface area contributed by atoms with E-state index in [4.69, 9.17) is 20.8 Å². The van der Waals surface area contributed by atoms with E-state index >= 15 is 0 Å². The Morgan fingerprint density at radius 3 is 2.48 bits per heavy atom. The predicted octanol–water partition coefficient (Wildman–Crippen LogP) is 6.93. The standard InChI is InChI=1S/C31H27ClN8O2/c1-41-25-14-12-24(13-15-25)35-30-36-29(33-18-26-5-4-16-42-26)37-31(38-30)39-34-17-22-20-40(28-7-3-2-6-27(22)28)19-21-8-10-23(32)11-9-21/h2-17,20H,18-19H2,1H3,(H3,33,35,36,37,38,39)/b34-17-. The fraction of sp³-hybridized carbons (Fsp3) is 0.0968. The molecule has 0 aliphatic rings. The Hall–Kier alpha value is -5.35. The maximum atomic E-state index is 6.07. The summed E-state index contributed by atoms with van der Waals surface area (Å²) in [5.74, 6) is 2.47. The average Bonchev–Trinajstić information content (AvgIpc) is 3.66. The third kappa shape index (κ3) is 6.51. The van der Waals surface area contributed by atoms with Crippen LogP contribution in [0.4, 0.5) is 23.5 Å². The molecule has 10 nitrogen and oxygen atoms in total. The van der Waals surface area contributed by atoms with E-state index in [1.165, 1.54) is 0 Å². The van der Waals surface area contributed by atoms with Gasteiger partial charge in [0.1, 0.15) is 11.5 Å². The van der Waals surface area contributed by atoms with Crippen molar-refractivity contribution in [1.29, 1.82) is 0 Å². The zero-order valence-electron chi connectivity index (χ0n) is 22.7. The van der Waals surface area contributed by atoms with Gasteiger partial charge in [-0.2, -0.15) is 20.1 Å². The van der Waals surface area contributed by atoms with Crippen LogP contribution in [0.3, 0.4) is 0 Å². The van der Waals surface area contributed by atoms with E-state index in [1.54, 1.807) is 19.6 Å². The number of hydrazone groups is 1. The monoisotopic (exact) mass is 578 g/mol. The van der Waals surface area contributed by atoms with Gasteiger partial charge in [-0.25, -0.2) is 5.43 Å². The van der Waals surface area contributed by atoms with E-state index in [0.717, 1.165) is 44.2 Å². The molecule has 0 atom stereocenters. The smallest absolute Gasteiger partial charge is 0.250 e. The van der Waals surface area contributed by atoms with Gasteiger partial charge >= 0.3 is 0 Å². The summed E-state index contributed by atoms with van der Waals surface area (Å²) in [4.78, 5) is 13.5. The van der Waals surface area contributed by atoms with Gasteiger partial charge in [0, 0.05) is 39.9 Å². The number of anilines is 4. The van der Waals surface area contributed by atoms with E-state index in [9.17, 15) is 0 Å². The second kappa shape index (κ2) is 12.4. The largest absolute Gasteiger partial charge is 0.497 e. The lowest BCUT2D eigenvalue weighted by Gasteiger charge is -2.10. The Labute approximate surface area is 247 Å². The molecule has 11 heteroatoms. The molecule has 0 saturated heterocycles. The van der Waals surface area contributed by atoms with Gasteiger partial charge in [0.15, 0.2) is 0 Å². The highest BCUT2D eigenvalue weighted by atomic mass is 35.5. The Kier molecular flexibility index (Phi) is 7.96. The average molecular weight is 579 g/mol. The van der Waals surface area contributed by atoms with Crippen molar-refractivity contribution < 1.29 is 9.15 Å². The second-order valence-corrected chi connectivity index (χ2v) is 9.76. The van der Waals surface area contributed by atoms with E-state index in [1.807, 2.05) is 72.8 Å². The summed E-state index contributed by atoms with van der Waals surface area (Å²) in [7, 11) is 1.63. The molecule has 3 N–H and O–H groups in total. The number of benzene rings is 3. The number of nitrogens with one attached hydrogen (secondary N) is 3. The minimum atomic E-state index is 0.268. The highest BCUT2D eigenvalue weighted by Gasteiger charge is 2.10. The minimum absolute atomic E-state index is 0.268. The fourth-order valence-electron chi connectivity index (χ4n) is 4.40. The molecule has 0 unspecified atom stereocenters. The zero-order chi connectivity index (χ0) is 28.7. The molecule has 6 rings (SSSR count). The predicted molar refractivity (Wildman–Crippen MR) is 166 cm³/mol. The molecule has 0 radical (unpaired) electrons. The molecule has 0 spiro atoms. The van der Waals surface area contributed by atoms with E-state index in [-0.39, 0.29) is 5.95 Å². The third-order valence-corrected chi connectivity index (χ3v) is 6.69. The number of rotatable bonds is 11. The number of ether oxygens (including phenoxy) is 1. The molecule has 3 aromatic carbocycles. The minimum Gasteiger partial charge on any atom is -0.497 e. The molecule has 42 heavy (non-hydrogen) atoms. The Balaban J connectivity index is 1.23. The van der Waals surface area contributed by atoms with Gasteiger partial charge in [-0.1, -0.05) is 41.9 Å². The lowest BCUT2D eigenvalue weighted by atomic mass is 10.2. The normalized spacial score (nSPS) is 11.2. The van der Waals surface area contributed by atoms with Crippen molar-refractivity contribution in [2.75, 3.05) is 23.2 Å². The maximum Gasteiger partial charge on any atom is 0.250 e. The van der Waals surface area contributed by atoms with Crippen LogP contribution in [0.2, 0.25) is 5.02 Å². The van der Waals surface area contributed by atoms with E-state index in [0.29, 0.717) is 25.0 Å². The summed E-state index contributed by atoms with van der Waals surface area (Å²) >= 11 is 6.07. The number of halogens is 1. The SMILES string of the molecule is COc1ccc(Nc2nc(NCc3ccco3)nc(N/N=C\c3cn(Cc4ccc(Cl)cc4)c4ccccc34)n2)cc1. The van der Waals surface area contributed by atoms with Gasteiger partial charge < -0.3 is 24.4 Å². The van der Waals surface area contributed by atoms with Crippen LogP contribution in [0.25, 0.3) is 10.9 Å². The summed E-state index contributed by atoms with van der Waals surface area (Å²) in [6, 6.07) is 27.2. The van der Waals surface area contributed by atoms with Crippen molar-refractivity contribution in [2.45, 2.75) is 13.1 Å². The molecule has 0 bridgehead atoms. The summed E-state index contributed by atoms with van der Waals surface area (Å²) in [6.07, 6.45) is 5.46. The third-order valence-electron chi connectivity index (χ3n) is 6.44. The van der Waals surface area contributed by atoms with Crippen LogP contribution in [0.1, 0.15) is 16.9 Å². The summed E-state index contributed by atoms with van der Waals surface area (Å²) < 4.78 is 12.9. The summed E-state index contributed by atoms with van der Waals surface area (Å²) in [6.45, 7) is 1.12. The van der Waals surface area contributed by atoms with Crippen LogP contribution in [0, 0.1) is 0 Å². The summed E-state index contributed by atoms with van der Waals surface area (Å²) in [5, 5.41) is 12.6. The molecular formula is C31H27ClN8O2. The lowest BCUT2D eigenvalue weighted by Crippen LogP contribution is -2.09. The van der Waals surface area contributed by atoms with Gasteiger partial charge in [-0.3, -0.25) is 0 Å². The molecule has 0 aliphatic heterocycles. The molecule has 0 aliphatic carbocycles. The zero-order valence-corrected chi connectivity index (χ0v) is 23.4. The van der Waals surface area contributed by atoms with Gasteiger partial charge in [-0.15, -0.1) is 0 Å². The van der Waals surface area contributed by atoms with E-state index in [2.05, 4.69) is 59.0 Å². The number of nitrogens with zero attached hydrogens (tertiary/aromatic N) is 5. The summed E-state index contributed by atoms with van der Waals surface area (Å²) in [5.41, 5.74) is 6.96. The molecule has 210 valence electrons. The van der Waals surface area contributed by atoms with Crippen molar-refractivity contribution >= 4 is 52.3 Å².